The molecule has 22 heavy (non-hydrogen) atoms. The van der Waals surface area contributed by atoms with Gasteiger partial charge in [-0.15, -0.1) is 0 Å². The van der Waals surface area contributed by atoms with Crippen molar-refractivity contribution in [2.45, 2.75) is 6.92 Å². The third-order valence-electron chi connectivity index (χ3n) is 3.15. The molecule has 0 bridgehead atoms. The van der Waals surface area contributed by atoms with E-state index in [-0.39, 0.29) is 26.2 Å². The maximum absolute atomic E-state index is 10.9. The van der Waals surface area contributed by atoms with Crippen LogP contribution in [0.1, 0.15) is 6.92 Å². The van der Waals surface area contributed by atoms with Crippen molar-refractivity contribution in [3.63, 3.8) is 0 Å². The van der Waals surface area contributed by atoms with Gasteiger partial charge in [0, 0.05) is 26.2 Å². The quantitative estimate of drug-likeness (QED) is 0.384. The molecular formula is C13H25N3O6. The predicted molar refractivity (Wildman–Crippen MR) is 79.0 cm³/mol. The van der Waals surface area contributed by atoms with Crippen LogP contribution < -0.4 is 0 Å². The van der Waals surface area contributed by atoms with Gasteiger partial charge in [-0.05, 0) is 13.6 Å². The molecule has 0 fully saturated rings. The Kier molecular flexibility index (Phi) is 10.1. The lowest BCUT2D eigenvalue weighted by atomic mass is 10.3. The summed E-state index contributed by atoms with van der Waals surface area (Å²) in [6.45, 7) is 3.57. The van der Waals surface area contributed by atoms with Crippen LogP contribution in [-0.4, -0.2) is 107 Å². The van der Waals surface area contributed by atoms with Gasteiger partial charge in [0.05, 0.1) is 19.6 Å². The van der Waals surface area contributed by atoms with Gasteiger partial charge < -0.3 is 20.2 Å². The topological polar surface area (TPSA) is 122 Å². The molecule has 0 spiro atoms. The molecular weight excluding hydrogens is 294 g/mol. The minimum atomic E-state index is -1.11. The van der Waals surface area contributed by atoms with Gasteiger partial charge >= 0.3 is 17.9 Å². The first-order valence-electron chi connectivity index (χ1n) is 7.03. The Balaban J connectivity index is 4.49. The normalized spacial score (nSPS) is 11.3. The summed E-state index contributed by atoms with van der Waals surface area (Å²) in [5, 5.41) is 26.4. The van der Waals surface area contributed by atoms with E-state index < -0.39 is 17.9 Å². The Morgan fingerprint density at radius 1 is 0.727 bits per heavy atom. The van der Waals surface area contributed by atoms with Crippen LogP contribution >= 0.6 is 0 Å². The van der Waals surface area contributed by atoms with E-state index in [9.17, 15) is 14.4 Å². The Labute approximate surface area is 129 Å². The number of nitrogens with zero attached hydrogens (tertiary/aromatic N) is 3. The first kappa shape index (κ1) is 20.3. The lowest BCUT2D eigenvalue weighted by Gasteiger charge is -2.26. The highest BCUT2D eigenvalue weighted by atomic mass is 16.4. The van der Waals surface area contributed by atoms with E-state index in [1.54, 1.807) is 4.90 Å². The first-order valence-corrected chi connectivity index (χ1v) is 7.03. The van der Waals surface area contributed by atoms with Crippen molar-refractivity contribution in [1.82, 2.24) is 14.7 Å². The van der Waals surface area contributed by atoms with Crippen LogP contribution in [0.2, 0.25) is 0 Å². The molecule has 0 radical (unpaired) electrons. The van der Waals surface area contributed by atoms with Crippen molar-refractivity contribution in [2.24, 2.45) is 0 Å². The van der Waals surface area contributed by atoms with Crippen LogP contribution in [0.25, 0.3) is 0 Å². The Morgan fingerprint density at radius 3 is 1.50 bits per heavy atom. The zero-order chi connectivity index (χ0) is 17.1. The van der Waals surface area contributed by atoms with E-state index in [1.165, 1.54) is 4.90 Å². The summed E-state index contributed by atoms with van der Waals surface area (Å²) >= 11 is 0. The SMILES string of the molecule is CCN(C)CCN(CCN(CC(=O)O)CC(=O)O)CC(=O)O. The smallest absolute Gasteiger partial charge is 0.317 e. The highest BCUT2D eigenvalue weighted by Gasteiger charge is 2.16. The fourth-order valence-electron chi connectivity index (χ4n) is 1.81. The van der Waals surface area contributed by atoms with Crippen molar-refractivity contribution in [3.05, 3.63) is 0 Å². The molecule has 0 aromatic carbocycles. The molecule has 0 aromatic heterocycles. The summed E-state index contributed by atoms with van der Waals surface area (Å²) in [7, 11) is 1.92. The minimum absolute atomic E-state index is 0.161. The van der Waals surface area contributed by atoms with Crippen molar-refractivity contribution in [3.8, 4) is 0 Å². The summed E-state index contributed by atoms with van der Waals surface area (Å²) < 4.78 is 0. The summed E-state index contributed by atoms with van der Waals surface area (Å²) in [6.07, 6.45) is 0. The van der Waals surface area contributed by atoms with E-state index in [1.807, 2.05) is 18.9 Å². The second kappa shape index (κ2) is 10.9. The van der Waals surface area contributed by atoms with E-state index in [0.29, 0.717) is 19.6 Å². The number of hydrogen-bond donors (Lipinski definition) is 3. The molecule has 9 heteroatoms. The van der Waals surface area contributed by atoms with Gasteiger partial charge in [-0.1, -0.05) is 6.92 Å². The summed E-state index contributed by atoms with van der Waals surface area (Å²) in [5.74, 6) is -3.20. The van der Waals surface area contributed by atoms with Crippen LogP contribution in [0, 0.1) is 0 Å². The number of aliphatic carboxylic acids is 3. The Bertz CT molecular complexity index is 361. The van der Waals surface area contributed by atoms with Crippen molar-refractivity contribution >= 4 is 17.9 Å². The van der Waals surface area contributed by atoms with E-state index in [2.05, 4.69) is 0 Å². The van der Waals surface area contributed by atoms with Crippen LogP contribution in [0.3, 0.4) is 0 Å². The minimum Gasteiger partial charge on any atom is -0.480 e. The van der Waals surface area contributed by atoms with Gasteiger partial charge in [0.1, 0.15) is 0 Å². The molecule has 0 aliphatic heterocycles. The molecule has 3 N–H and O–H groups in total. The number of carboxylic acids is 3. The van der Waals surface area contributed by atoms with Crippen LogP contribution in [0.4, 0.5) is 0 Å². The van der Waals surface area contributed by atoms with Gasteiger partial charge in [-0.3, -0.25) is 24.2 Å². The Morgan fingerprint density at radius 2 is 1.09 bits per heavy atom. The molecule has 0 unspecified atom stereocenters. The van der Waals surface area contributed by atoms with Gasteiger partial charge in [-0.2, -0.15) is 0 Å². The average molecular weight is 319 g/mol. The van der Waals surface area contributed by atoms with Crippen molar-refractivity contribution < 1.29 is 29.7 Å². The third-order valence-corrected chi connectivity index (χ3v) is 3.15. The van der Waals surface area contributed by atoms with Crippen LogP contribution in [-0.2, 0) is 14.4 Å². The monoisotopic (exact) mass is 319 g/mol. The van der Waals surface area contributed by atoms with Crippen LogP contribution in [0.15, 0.2) is 0 Å². The fourth-order valence-corrected chi connectivity index (χ4v) is 1.81. The maximum atomic E-state index is 10.9. The van der Waals surface area contributed by atoms with Gasteiger partial charge in [-0.25, -0.2) is 0 Å². The molecule has 0 aliphatic rings. The molecule has 128 valence electrons. The molecule has 0 rings (SSSR count). The number of carbonyl (C=O) groups is 3. The van der Waals surface area contributed by atoms with Gasteiger partial charge in [0.2, 0.25) is 0 Å². The molecule has 0 aliphatic carbocycles. The molecule has 0 aromatic rings. The summed E-state index contributed by atoms with van der Waals surface area (Å²) in [5.41, 5.74) is 0. The fraction of sp³-hybridized carbons (Fsp3) is 0.769. The molecule has 0 heterocycles. The molecule has 0 saturated heterocycles. The molecule has 0 amide bonds. The van der Waals surface area contributed by atoms with E-state index in [4.69, 9.17) is 15.3 Å². The van der Waals surface area contributed by atoms with Crippen LogP contribution in [0.5, 0.6) is 0 Å². The zero-order valence-corrected chi connectivity index (χ0v) is 13.1. The highest BCUT2D eigenvalue weighted by Crippen LogP contribution is 1.95. The number of likely N-dealkylation sites (N-methyl/N-ethyl adjacent to an activating group) is 1. The maximum Gasteiger partial charge on any atom is 0.317 e. The lowest BCUT2D eigenvalue weighted by Crippen LogP contribution is -2.43. The van der Waals surface area contributed by atoms with Gasteiger partial charge in [0.15, 0.2) is 0 Å². The highest BCUT2D eigenvalue weighted by molar-refractivity contribution is 5.72. The van der Waals surface area contributed by atoms with E-state index in [0.717, 1.165) is 6.54 Å². The van der Waals surface area contributed by atoms with Crippen molar-refractivity contribution in [1.29, 1.82) is 0 Å². The lowest BCUT2D eigenvalue weighted by molar-refractivity contribution is -0.143. The standard InChI is InChI=1S/C13H25N3O6/c1-3-14(2)4-5-15(8-11(17)18)6-7-16(9-12(19)20)10-13(21)22/h3-10H2,1-2H3,(H,17,18)(H,19,20)(H,21,22). The first-order chi connectivity index (χ1) is 10.2. The zero-order valence-electron chi connectivity index (χ0n) is 13.1. The number of carboxylic acid groups (broad SMARTS) is 3. The van der Waals surface area contributed by atoms with Gasteiger partial charge in [0.25, 0.3) is 0 Å². The number of rotatable bonds is 13. The van der Waals surface area contributed by atoms with E-state index >= 15 is 0 Å². The predicted octanol–water partition coefficient (Wildman–Crippen LogP) is -1.20. The average Bonchev–Trinajstić information content (AvgIpc) is 2.39. The molecule has 9 nitrogen and oxygen atoms in total. The summed E-state index contributed by atoms with van der Waals surface area (Å²) in [6, 6.07) is 0. The molecule has 0 saturated carbocycles. The Hall–Kier alpha value is -1.71. The number of hydrogen-bond acceptors (Lipinski definition) is 6. The second-order valence-corrected chi connectivity index (χ2v) is 5.06. The molecule has 0 atom stereocenters. The largest absolute Gasteiger partial charge is 0.480 e. The van der Waals surface area contributed by atoms with Crippen molar-refractivity contribution in [2.75, 3.05) is 59.4 Å². The third kappa shape index (κ3) is 11.0. The second-order valence-electron chi connectivity index (χ2n) is 5.06. The summed E-state index contributed by atoms with van der Waals surface area (Å²) in [4.78, 5) is 37.3.